The molecule has 4 rings (SSSR count). The summed E-state index contributed by atoms with van der Waals surface area (Å²) in [6, 6.07) is 17.1. The highest BCUT2D eigenvalue weighted by molar-refractivity contribution is 6.06. The van der Waals surface area contributed by atoms with Crippen molar-refractivity contribution in [1.29, 1.82) is 5.26 Å². The van der Waals surface area contributed by atoms with E-state index in [1.54, 1.807) is 29.3 Å². The predicted octanol–water partition coefficient (Wildman–Crippen LogP) is 2.79. The van der Waals surface area contributed by atoms with Crippen molar-refractivity contribution in [2.24, 2.45) is 0 Å². The number of rotatable bonds is 5. The van der Waals surface area contributed by atoms with E-state index in [2.05, 4.69) is 15.4 Å². The van der Waals surface area contributed by atoms with Gasteiger partial charge in [-0.1, -0.05) is 36.4 Å². The molecule has 28 heavy (non-hydrogen) atoms. The molecule has 0 aliphatic carbocycles. The lowest BCUT2D eigenvalue weighted by Gasteiger charge is -2.09. The van der Waals surface area contributed by atoms with E-state index in [9.17, 15) is 4.79 Å². The maximum atomic E-state index is 12.6. The Hall–Kier alpha value is -4.05. The zero-order valence-corrected chi connectivity index (χ0v) is 14.9. The SMILES string of the molecule is N#CCNC(=O)c1cc(-c2ccccc2)nc2c1cnn2Cc1cccnc1. The molecule has 1 amide bonds. The third-order valence-corrected chi connectivity index (χ3v) is 4.31. The van der Waals surface area contributed by atoms with Gasteiger partial charge in [-0.15, -0.1) is 0 Å². The summed E-state index contributed by atoms with van der Waals surface area (Å²) in [5, 5.41) is 16.4. The van der Waals surface area contributed by atoms with Gasteiger partial charge in [0.15, 0.2) is 5.65 Å². The van der Waals surface area contributed by atoms with Gasteiger partial charge in [0.25, 0.3) is 5.91 Å². The van der Waals surface area contributed by atoms with Gasteiger partial charge in [-0.3, -0.25) is 9.78 Å². The van der Waals surface area contributed by atoms with Gasteiger partial charge in [0.05, 0.1) is 35.5 Å². The Morgan fingerprint density at radius 2 is 2.00 bits per heavy atom. The van der Waals surface area contributed by atoms with E-state index in [-0.39, 0.29) is 12.5 Å². The number of carbonyl (C=O) groups is 1. The lowest BCUT2D eigenvalue weighted by Crippen LogP contribution is -2.24. The third-order valence-electron chi connectivity index (χ3n) is 4.31. The molecule has 4 aromatic rings. The largest absolute Gasteiger partial charge is 0.339 e. The first-order chi connectivity index (χ1) is 13.8. The van der Waals surface area contributed by atoms with Crippen LogP contribution in [0.2, 0.25) is 0 Å². The van der Waals surface area contributed by atoms with Crippen molar-refractivity contribution in [2.45, 2.75) is 6.54 Å². The number of nitrogens with one attached hydrogen (secondary N) is 1. The van der Waals surface area contributed by atoms with Crippen molar-refractivity contribution in [3.05, 3.63) is 78.2 Å². The fourth-order valence-electron chi connectivity index (χ4n) is 2.99. The average Bonchev–Trinajstić information content (AvgIpc) is 3.15. The Bertz CT molecular complexity index is 1160. The second-order valence-corrected chi connectivity index (χ2v) is 6.16. The number of fused-ring (bicyclic) bond motifs is 1. The van der Waals surface area contributed by atoms with Crippen molar-refractivity contribution in [3.63, 3.8) is 0 Å². The number of nitrogens with zero attached hydrogens (tertiary/aromatic N) is 5. The molecule has 0 saturated heterocycles. The average molecular weight is 368 g/mol. The maximum Gasteiger partial charge on any atom is 0.252 e. The molecule has 1 aromatic carbocycles. The predicted molar refractivity (Wildman–Crippen MR) is 104 cm³/mol. The lowest BCUT2D eigenvalue weighted by molar-refractivity contribution is 0.0960. The van der Waals surface area contributed by atoms with Crippen molar-refractivity contribution >= 4 is 16.9 Å². The van der Waals surface area contributed by atoms with Crippen LogP contribution in [-0.2, 0) is 6.54 Å². The first-order valence-corrected chi connectivity index (χ1v) is 8.72. The molecule has 0 aliphatic heterocycles. The minimum atomic E-state index is -0.327. The van der Waals surface area contributed by atoms with Crippen LogP contribution in [0.25, 0.3) is 22.3 Å². The topological polar surface area (TPSA) is 96.5 Å². The van der Waals surface area contributed by atoms with Crippen LogP contribution in [0.3, 0.4) is 0 Å². The Kier molecular flexibility index (Phi) is 4.76. The highest BCUT2D eigenvalue weighted by Crippen LogP contribution is 2.25. The van der Waals surface area contributed by atoms with Gasteiger partial charge in [-0.25, -0.2) is 9.67 Å². The molecular formula is C21H16N6O. The van der Waals surface area contributed by atoms with Gasteiger partial charge in [0, 0.05) is 18.0 Å². The lowest BCUT2D eigenvalue weighted by atomic mass is 10.1. The van der Waals surface area contributed by atoms with Gasteiger partial charge >= 0.3 is 0 Å². The fourth-order valence-corrected chi connectivity index (χ4v) is 2.99. The van der Waals surface area contributed by atoms with Gasteiger partial charge in [0.1, 0.15) is 6.54 Å². The van der Waals surface area contributed by atoms with Crippen LogP contribution in [0.5, 0.6) is 0 Å². The monoisotopic (exact) mass is 368 g/mol. The summed E-state index contributed by atoms with van der Waals surface area (Å²) in [5.74, 6) is -0.327. The first kappa shape index (κ1) is 17.4. The zero-order valence-electron chi connectivity index (χ0n) is 14.9. The Morgan fingerprint density at radius 3 is 2.75 bits per heavy atom. The summed E-state index contributed by atoms with van der Waals surface area (Å²) in [4.78, 5) is 21.5. The maximum absolute atomic E-state index is 12.6. The molecule has 0 saturated carbocycles. The van der Waals surface area contributed by atoms with Crippen molar-refractivity contribution < 1.29 is 4.79 Å². The molecule has 0 radical (unpaired) electrons. The Balaban J connectivity index is 1.85. The normalized spacial score (nSPS) is 10.5. The summed E-state index contributed by atoms with van der Waals surface area (Å²) in [5.41, 5.74) is 3.59. The molecule has 0 unspecified atom stereocenters. The zero-order chi connectivity index (χ0) is 19.3. The minimum absolute atomic E-state index is 0.0624. The molecule has 0 bridgehead atoms. The van der Waals surface area contributed by atoms with Crippen LogP contribution in [-0.4, -0.2) is 32.2 Å². The summed E-state index contributed by atoms with van der Waals surface area (Å²) in [6.07, 6.45) is 5.12. The molecule has 0 fully saturated rings. The first-order valence-electron chi connectivity index (χ1n) is 8.72. The second kappa shape index (κ2) is 7.68. The van der Waals surface area contributed by atoms with E-state index < -0.39 is 0 Å². The van der Waals surface area contributed by atoms with Gasteiger partial charge < -0.3 is 5.32 Å². The Morgan fingerprint density at radius 1 is 1.14 bits per heavy atom. The number of pyridine rings is 2. The van der Waals surface area contributed by atoms with Crippen LogP contribution in [0.4, 0.5) is 0 Å². The molecule has 1 N–H and O–H groups in total. The highest BCUT2D eigenvalue weighted by atomic mass is 16.1. The van der Waals surface area contributed by atoms with E-state index >= 15 is 0 Å². The molecule has 136 valence electrons. The summed E-state index contributed by atoms with van der Waals surface area (Å²) >= 11 is 0. The van der Waals surface area contributed by atoms with E-state index in [1.807, 2.05) is 48.5 Å². The molecule has 0 aliphatic rings. The molecule has 3 heterocycles. The number of aromatic nitrogens is 4. The van der Waals surface area contributed by atoms with Crippen LogP contribution < -0.4 is 5.32 Å². The third kappa shape index (κ3) is 3.44. The summed E-state index contributed by atoms with van der Waals surface area (Å²) in [6.45, 7) is 0.426. The quantitative estimate of drug-likeness (QED) is 0.546. The number of carbonyl (C=O) groups excluding carboxylic acids is 1. The van der Waals surface area contributed by atoms with Crippen LogP contribution in [0.15, 0.2) is 67.1 Å². The minimum Gasteiger partial charge on any atom is -0.339 e. The van der Waals surface area contributed by atoms with E-state index in [4.69, 9.17) is 10.2 Å². The summed E-state index contributed by atoms with van der Waals surface area (Å²) in [7, 11) is 0. The molecule has 7 heteroatoms. The Labute approximate surface area is 161 Å². The molecule has 0 atom stereocenters. The number of nitriles is 1. The number of hydrogen-bond donors (Lipinski definition) is 1. The van der Waals surface area contributed by atoms with Crippen molar-refractivity contribution in [2.75, 3.05) is 6.54 Å². The standard InChI is InChI=1S/C21H16N6O/c22-8-10-24-21(28)17-11-19(16-6-2-1-3-7-16)26-20-18(17)13-25-27(20)14-15-5-4-9-23-12-15/h1-7,9,11-13H,10,14H2,(H,24,28). The fraction of sp³-hybridized carbons (Fsp3) is 0.0952. The van der Waals surface area contributed by atoms with E-state index in [1.165, 1.54) is 0 Å². The second-order valence-electron chi connectivity index (χ2n) is 6.16. The highest BCUT2D eigenvalue weighted by Gasteiger charge is 2.17. The number of benzene rings is 1. The van der Waals surface area contributed by atoms with Crippen LogP contribution in [0, 0.1) is 11.3 Å². The molecule has 7 nitrogen and oxygen atoms in total. The van der Waals surface area contributed by atoms with Gasteiger partial charge in [-0.05, 0) is 17.7 Å². The smallest absolute Gasteiger partial charge is 0.252 e. The van der Waals surface area contributed by atoms with Crippen LogP contribution >= 0.6 is 0 Å². The van der Waals surface area contributed by atoms with Gasteiger partial charge in [-0.2, -0.15) is 10.4 Å². The van der Waals surface area contributed by atoms with Crippen LogP contribution in [0.1, 0.15) is 15.9 Å². The molecular weight excluding hydrogens is 352 g/mol. The van der Waals surface area contributed by atoms with E-state index in [0.29, 0.717) is 28.8 Å². The number of hydrogen-bond acceptors (Lipinski definition) is 5. The van der Waals surface area contributed by atoms with Crippen molar-refractivity contribution in [1.82, 2.24) is 25.1 Å². The van der Waals surface area contributed by atoms with Gasteiger partial charge in [0.2, 0.25) is 0 Å². The van der Waals surface area contributed by atoms with Crippen molar-refractivity contribution in [3.8, 4) is 17.3 Å². The molecule has 0 spiro atoms. The van der Waals surface area contributed by atoms with E-state index in [0.717, 1.165) is 11.1 Å². The summed E-state index contributed by atoms with van der Waals surface area (Å²) < 4.78 is 1.75. The number of amides is 1. The molecule has 3 aromatic heterocycles.